The van der Waals surface area contributed by atoms with E-state index in [2.05, 4.69) is 50.4 Å². The van der Waals surface area contributed by atoms with Crippen molar-refractivity contribution >= 4 is 0 Å². The normalized spacial score (nSPS) is 26.0. The van der Waals surface area contributed by atoms with Crippen molar-refractivity contribution < 1.29 is 0 Å². The molecule has 88 valence electrons. The highest BCUT2D eigenvalue weighted by atomic mass is 15.0. The summed E-state index contributed by atoms with van der Waals surface area (Å²) in [5, 5.41) is 3.77. The van der Waals surface area contributed by atoms with Gasteiger partial charge in [-0.1, -0.05) is 43.7 Å². The van der Waals surface area contributed by atoms with Crippen LogP contribution in [0.15, 0.2) is 24.3 Å². The Hall–Kier alpha value is -0.820. The summed E-state index contributed by atoms with van der Waals surface area (Å²) in [7, 11) is 0. The van der Waals surface area contributed by atoms with Crippen LogP contribution >= 0.6 is 0 Å². The van der Waals surface area contributed by atoms with Crippen molar-refractivity contribution in [1.82, 2.24) is 5.32 Å². The first-order valence-corrected chi connectivity index (χ1v) is 6.47. The molecule has 0 aliphatic carbocycles. The van der Waals surface area contributed by atoms with Crippen LogP contribution in [0, 0.1) is 12.8 Å². The molecule has 0 saturated carbocycles. The van der Waals surface area contributed by atoms with Crippen LogP contribution in [0.5, 0.6) is 0 Å². The van der Waals surface area contributed by atoms with Gasteiger partial charge in [0.1, 0.15) is 0 Å². The average molecular weight is 217 g/mol. The smallest absolute Gasteiger partial charge is 0.0457 e. The van der Waals surface area contributed by atoms with Gasteiger partial charge in [-0.15, -0.1) is 0 Å². The summed E-state index contributed by atoms with van der Waals surface area (Å²) in [5.74, 6) is 0.649. The van der Waals surface area contributed by atoms with Crippen molar-refractivity contribution in [2.75, 3.05) is 6.54 Å². The molecule has 1 nitrogen and oxygen atoms in total. The van der Waals surface area contributed by atoms with E-state index in [0.29, 0.717) is 5.92 Å². The summed E-state index contributed by atoms with van der Waals surface area (Å²) in [5.41, 5.74) is 3.03. The summed E-state index contributed by atoms with van der Waals surface area (Å²) >= 11 is 0. The minimum absolute atomic E-state index is 0.214. The molecule has 1 heteroatoms. The van der Waals surface area contributed by atoms with Crippen LogP contribution < -0.4 is 5.32 Å². The van der Waals surface area contributed by atoms with Crippen LogP contribution in [-0.4, -0.2) is 6.54 Å². The fourth-order valence-electron chi connectivity index (χ4n) is 2.85. The van der Waals surface area contributed by atoms with Gasteiger partial charge in [-0.2, -0.15) is 0 Å². The highest BCUT2D eigenvalue weighted by molar-refractivity contribution is 5.29. The molecule has 0 aromatic heterocycles. The molecule has 1 aromatic rings. The van der Waals surface area contributed by atoms with Gasteiger partial charge in [0, 0.05) is 5.54 Å². The average Bonchev–Trinajstić information content (AvgIpc) is 2.30. The Balaban J connectivity index is 2.34. The molecule has 1 aliphatic heterocycles. The number of aryl methyl sites for hydroxylation is 1. The quantitative estimate of drug-likeness (QED) is 0.798. The summed E-state index contributed by atoms with van der Waals surface area (Å²) < 4.78 is 0. The Morgan fingerprint density at radius 3 is 2.31 bits per heavy atom. The second-order valence-electron chi connectivity index (χ2n) is 5.38. The number of hydrogen-bond donors (Lipinski definition) is 1. The number of rotatable bonds is 2. The minimum atomic E-state index is 0.214. The van der Waals surface area contributed by atoms with Crippen molar-refractivity contribution in [3.05, 3.63) is 35.4 Å². The van der Waals surface area contributed by atoms with E-state index in [0.717, 1.165) is 6.54 Å². The van der Waals surface area contributed by atoms with E-state index in [-0.39, 0.29) is 5.54 Å². The molecule has 2 rings (SSSR count). The molecular weight excluding hydrogens is 194 g/mol. The maximum Gasteiger partial charge on any atom is 0.0457 e. The molecule has 1 aromatic carbocycles. The van der Waals surface area contributed by atoms with Crippen LogP contribution in [-0.2, 0) is 5.54 Å². The van der Waals surface area contributed by atoms with Crippen LogP contribution in [0.4, 0.5) is 0 Å². The molecule has 0 bridgehead atoms. The molecule has 16 heavy (non-hydrogen) atoms. The van der Waals surface area contributed by atoms with E-state index >= 15 is 0 Å². The second-order valence-corrected chi connectivity index (χ2v) is 5.38. The number of benzene rings is 1. The molecular formula is C15H23N. The van der Waals surface area contributed by atoms with Gasteiger partial charge < -0.3 is 5.32 Å². The Kier molecular flexibility index (Phi) is 3.34. The van der Waals surface area contributed by atoms with Crippen LogP contribution in [0.2, 0.25) is 0 Å². The lowest BCUT2D eigenvalue weighted by molar-refractivity contribution is 0.184. The molecule has 0 radical (unpaired) electrons. The zero-order valence-corrected chi connectivity index (χ0v) is 10.7. The van der Waals surface area contributed by atoms with Gasteiger partial charge in [-0.25, -0.2) is 0 Å². The zero-order valence-electron chi connectivity index (χ0n) is 10.7. The second kappa shape index (κ2) is 4.58. The molecule has 1 aliphatic rings. The van der Waals surface area contributed by atoms with Crippen LogP contribution in [0.1, 0.15) is 44.2 Å². The first-order valence-electron chi connectivity index (χ1n) is 6.47. The number of hydrogen-bond acceptors (Lipinski definition) is 1. The van der Waals surface area contributed by atoms with Crippen molar-refractivity contribution in [2.24, 2.45) is 5.92 Å². The SMILES string of the molecule is Cc1ccc(C2(C(C)C)CCCCN2)cc1. The fourth-order valence-corrected chi connectivity index (χ4v) is 2.85. The van der Waals surface area contributed by atoms with E-state index in [1.165, 1.54) is 30.4 Å². The molecule has 1 saturated heterocycles. The lowest BCUT2D eigenvalue weighted by Gasteiger charge is -2.42. The third kappa shape index (κ3) is 2.01. The monoisotopic (exact) mass is 217 g/mol. The van der Waals surface area contributed by atoms with Gasteiger partial charge in [0.05, 0.1) is 0 Å². The molecule has 1 fully saturated rings. The Bertz CT molecular complexity index is 331. The van der Waals surface area contributed by atoms with E-state index in [9.17, 15) is 0 Å². The fraction of sp³-hybridized carbons (Fsp3) is 0.600. The maximum atomic E-state index is 3.77. The maximum absolute atomic E-state index is 3.77. The molecule has 0 amide bonds. The van der Waals surface area contributed by atoms with E-state index < -0.39 is 0 Å². The first kappa shape index (κ1) is 11.7. The van der Waals surface area contributed by atoms with Crippen molar-refractivity contribution in [2.45, 2.75) is 45.6 Å². The molecule has 0 spiro atoms. The lowest BCUT2D eigenvalue weighted by atomic mass is 9.74. The van der Waals surface area contributed by atoms with E-state index in [4.69, 9.17) is 0 Å². The summed E-state index contributed by atoms with van der Waals surface area (Å²) in [6.07, 6.45) is 3.94. The molecule has 1 N–H and O–H groups in total. The van der Waals surface area contributed by atoms with Gasteiger partial charge in [0.2, 0.25) is 0 Å². The summed E-state index contributed by atoms with van der Waals surface area (Å²) in [6.45, 7) is 7.97. The van der Waals surface area contributed by atoms with Gasteiger partial charge in [0.15, 0.2) is 0 Å². The van der Waals surface area contributed by atoms with Gasteiger partial charge in [0.25, 0.3) is 0 Å². The Morgan fingerprint density at radius 2 is 1.81 bits per heavy atom. The Labute approximate surface area is 99.3 Å². The Morgan fingerprint density at radius 1 is 1.12 bits per heavy atom. The van der Waals surface area contributed by atoms with Crippen LogP contribution in [0.25, 0.3) is 0 Å². The topological polar surface area (TPSA) is 12.0 Å². The zero-order chi connectivity index (χ0) is 11.6. The molecule has 1 atom stereocenters. The predicted octanol–water partition coefficient (Wildman–Crippen LogP) is 3.62. The van der Waals surface area contributed by atoms with Crippen molar-refractivity contribution in [3.8, 4) is 0 Å². The lowest BCUT2D eigenvalue weighted by Crippen LogP contribution is -2.49. The van der Waals surface area contributed by atoms with Gasteiger partial charge >= 0.3 is 0 Å². The van der Waals surface area contributed by atoms with E-state index in [1.54, 1.807) is 0 Å². The summed E-state index contributed by atoms with van der Waals surface area (Å²) in [6, 6.07) is 9.06. The highest BCUT2D eigenvalue weighted by Gasteiger charge is 2.36. The largest absolute Gasteiger partial charge is 0.307 e. The molecule has 1 unspecified atom stereocenters. The third-order valence-corrected chi connectivity index (χ3v) is 3.99. The predicted molar refractivity (Wildman–Crippen MR) is 69.5 cm³/mol. The number of piperidine rings is 1. The summed E-state index contributed by atoms with van der Waals surface area (Å²) in [4.78, 5) is 0. The van der Waals surface area contributed by atoms with Crippen molar-refractivity contribution in [3.63, 3.8) is 0 Å². The minimum Gasteiger partial charge on any atom is -0.307 e. The first-order chi connectivity index (χ1) is 7.65. The van der Waals surface area contributed by atoms with Gasteiger partial charge in [-0.3, -0.25) is 0 Å². The van der Waals surface area contributed by atoms with Crippen molar-refractivity contribution in [1.29, 1.82) is 0 Å². The standard InChI is InChI=1S/C15H23N/c1-12(2)15(10-4-5-11-16-15)14-8-6-13(3)7-9-14/h6-9,12,16H,4-5,10-11H2,1-3H3. The third-order valence-electron chi connectivity index (χ3n) is 3.99. The van der Waals surface area contributed by atoms with E-state index in [1.807, 2.05) is 0 Å². The van der Waals surface area contributed by atoms with Gasteiger partial charge in [-0.05, 0) is 44.2 Å². The molecule has 1 heterocycles. The number of nitrogens with one attached hydrogen (secondary N) is 1. The van der Waals surface area contributed by atoms with Crippen LogP contribution in [0.3, 0.4) is 0 Å². The highest BCUT2D eigenvalue weighted by Crippen LogP contribution is 2.37.